The molecule has 0 atom stereocenters. The van der Waals surface area contributed by atoms with E-state index in [2.05, 4.69) is 10.3 Å². The Morgan fingerprint density at radius 2 is 2.31 bits per heavy atom. The molecule has 13 heavy (non-hydrogen) atoms. The average molecular weight is 178 g/mol. The van der Waals surface area contributed by atoms with Gasteiger partial charge in [0.05, 0.1) is 6.10 Å². The minimum atomic E-state index is -0.109. The van der Waals surface area contributed by atoms with E-state index in [1.165, 1.54) is 5.56 Å². The summed E-state index contributed by atoms with van der Waals surface area (Å²) in [6.45, 7) is 2.04. The first-order valence-electron chi connectivity index (χ1n) is 4.61. The maximum Gasteiger partial charge on any atom is 0.126 e. The van der Waals surface area contributed by atoms with Crippen LogP contribution < -0.4 is 5.32 Å². The van der Waals surface area contributed by atoms with Crippen molar-refractivity contribution in [2.24, 2.45) is 0 Å². The van der Waals surface area contributed by atoms with Crippen LogP contribution in [-0.2, 0) is 0 Å². The maximum absolute atomic E-state index is 9.09. The van der Waals surface area contributed by atoms with E-state index in [0.29, 0.717) is 6.04 Å². The molecule has 1 aliphatic rings. The van der Waals surface area contributed by atoms with Crippen molar-refractivity contribution in [1.82, 2.24) is 4.98 Å². The highest BCUT2D eigenvalue weighted by molar-refractivity contribution is 5.38. The van der Waals surface area contributed by atoms with Crippen molar-refractivity contribution in [2.45, 2.75) is 31.9 Å². The largest absolute Gasteiger partial charge is 0.393 e. The summed E-state index contributed by atoms with van der Waals surface area (Å²) >= 11 is 0. The van der Waals surface area contributed by atoms with Crippen LogP contribution in [-0.4, -0.2) is 22.2 Å². The van der Waals surface area contributed by atoms with Gasteiger partial charge in [0.15, 0.2) is 0 Å². The number of aliphatic hydroxyl groups excluding tert-OH is 1. The van der Waals surface area contributed by atoms with Crippen molar-refractivity contribution >= 4 is 5.82 Å². The first-order chi connectivity index (χ1) is 6.24. The van der Waals surface area contributed by atoms with E-state index in [0.717, 1.165) is 18.7 Å². The van der Waals surface area contributed by atoms with Crippen molar-refractivity contribution in [3.8, 4) is 0 Å². The van der Waals surface area contributed by atoms with Crippen LogP contribution in [0.2, 0.25) is 0 Å². The number of rotatable bonds is 2. The molecule has 1 saturated carbocycles. The highest BCUT2D eigenvalue weighted by atomic mass is 16.3. The standard InChI is InChI=1S/C10H14N2O/c1-7-2-3-11-10(4-7)12-8-5-9(13)6-8/h2-4,8-9,13H,5-6H2,1H3,(H,11,12). The van der Waals surface area contributed by atoms with Gasteiger partial charge in [-0.25, -0.2) is 4.98 Å². The van der Waals surface area contributed by atoms with Crippen LogP contribution in [0.25, 0.3) is 0 Å². The molecule has 70 valence electrons. The van der Waals surface area contributed by atoms with Crippen LogP contribution in [0.3, 0.4) is 0 Å². The van der Waals surface area contributed by atoms with Gasteiger partial charge in [-0.05, 0) is 37.5 Å². The predicted molar refractivity (Wildman–Crippen MR) is 51.6 cm³/mol. The van der Waals surface area contributed by atoms with Crippen LogP contribution in [0.1, 0.15) is 18.4 Å². The van der Waals surface area contributed by atoms with Gasteiger partial charge in [0.25, 0.3) is 0 Å². The zero-order valence-corrected chi connectivity index (χ0v) is 7.70. The topological polar surface area (TPSA) is 45.2 Å². The molecule has 2 rings (SSSR count). The summed E-state index contributed by atoms with van der Waals surface area (Å²) in [5.41, 5.74) is 1.21. The minimum absolute atomic E-state index is 0.109. The number of hydrogen-bond acceptors (Lipinski definition) is 3. The van der Waals surface area contributed by atoms with E-state index in [4.69, 9.17) is 5.11 Å². The number of pyridine rings is 1. The second-order valence-electron chi connectivity index (χ2n) is 3.68. The Hall–Kier alpha value is -1.09. The predicted octanol–water partition coefficient (Wildman–Crippen LogP) is 1.33. The van der Waals surface area contributed by atoms with Gasteiger partial charge in [-0.1, -0.05) is 0 Å². The lowest BCUT2D eigenvalue weighted by Crippen LogP contribution is -2.39. The first-order valence-corrected chi connectivity index (χ1v) is 4.61. The lowest BCUT2D eigenvalue weighted by Gasteiger charge is -2.32. The number of aryl methyl sites for hydroxylation is 1. The molecule has 3 nitrogen and oxygen atoms in total. The summed E-state index contributed by atoms with van der Waals surface area (Å²) in [6, 6.07) is 4.40. The fraction of sp³-hybridized carbons (Fsp3) is 0.500. The first kappa shape index (κ1) is 8.51. The molecule has 0 spiro atoms. The Kier molecular flexibility index (Phi) is 2.19. The molecule has 1 aromatic heterocycles. The van der Waals surface area contributed by atoms with Gasteiger partial charge in [-0.2, -0.15) is 0 Å². The van der Waals surface area contributed by atoms with E-state index in [-0.39, 0.29) is 6.10 Å². The van der Waals surface area contributed by atoms with Gasteiger partial charge < -0.3 is 10.4 Å². The van der Waals surface area contributed by atoms with Gasteiger partial charge >= 0.3 is 0 Å². The Balaban J connectivity index is 1.94. The van der Waals surface area contributed by atoms with Crippen molar-refractivity contribution in [3.05, 3.63) is 23.9 Å². The molecule has 0 aliphatic heterocycles. The summed E-state index contributed by atoms with van der Waals surface area (Å²) in [5, 5.41) is 12.4. The van der Waals surface area contributed by atoms with E-state index in [1.807, 2.05) is 19.1 Å². The molecule has 3 heteroatoms. The molecular formula is C10H14N2O. The maximum atomic E-state index is 9.09. The lowest BCUT2D eigenvalue weighted by atomic mass is 9.89. The van der Waals surface area contributed by atoms with Gasteiger partial charge in [-0.3, -0.25) is 0 Å². The number of nitrogens with one attached hydrogen (secondary N) is 1. The molecular weight excluding hydrogens is 164 g/mol. The summed E-state index contributed by atoms with van der Waals surface area (Å²) < 4.78 is 0. The van der Waals surface area contributed by atoms with E-state index in [9.17, 15) is 0 Å². The van der Waals surface area contributed by atoms with Crippen LogP contribution in [0.4, 0.5) is 5.82 Å². The Morgan fingerprint density at radius 3 is 2.92 bits per heavy atom. The fourth-order valence-corrected chi connectivity index (χ4v) is 1.53. The highest BCUT2D eigenvalue weighted by Crippen LogP contribution is 2.23. The van der Waals surface area contributed by atoms with Gasteiger partial charge in [-0.15, -0.1) is 0 Å². The molecule has 1 aliphatic carbocycles. The van der Waals surface area contributed by atoms with Crippen molar-refractivity contribution in [1.29, 1.82) is 0 Å². The SMILES string of the molecule is Cc1ccnc(NC2CC(O)C2)c1. The molecule has 1 heterocycles. The van der Waals surface area contributed by atoms with Crippen molar-refractivity contribution < 1.29 is 5.11 Å². The van der Waals surface area contributed by atoms with Crippen LogP contribution in [0.5, 0.6) is 0 Å². The second kappa shape index (κ2) is 3.34. The molecule has 1 fully saturated rings. The zero-order chi connectivity index (χ0) is 9.26. The highest BCUT2D eigenvalue weighted by Gasteiger charge is 2.26. The third kappa shape index (κ3) is 1.98. The molecule has 0 unspecified atom stereocenters. The third-order valence-corrected chi connectivity index (χ3v) is 2.38. The average Bonchev–Trinajstić information content (AvgIpc) is 2.01. The molecule has 1 aromatic rings. The van der Waals surface area contributed by atoms with Crippen LogP contribution in [0.15, 0.2) is 18.3 Å². The van der Waals surface area contributed by atoms with E-state index in [1.54, 1.807) is 6.20 Å². The smallest absolute Gasteiger partial charge is 0.126 e. The number of aliphatic hydroxyl groups is 1. The number of nitrogens with zero attached hydrogens (tertiary/aromatic N) is 1. The normalized spacial score (nSPS) is 26.6. The second-order valence-corrected chi connectivity index (χ2v) is 3.68. The van der Waals surface area contributed by atoms with Crippen LogP contribution >= 0.6 is 0 Å². The summed E-state index contributed by atoms with van der Waals surface area (Å²) in [7, 11) is 0. The van der Waals surface area contributed by atoms with Gasteiger partial charge in [0, 0.05) is 12.2 Å². The third-order valence-electron chi connectivity index (χ3n) is 2.38. The molecule has 0 amide bonds. The quantitative estimate of drug-likeness (QED) is 0.718. The summed E-state index contributed by atoms with van der Waals surface area (Å²) in [4.78, 5) is 4.19. The molecule has 0 aromatic carbocycles. The van der Waals surface area contributed by atoms with Crippen molar-refractivity contribution in [2.75, 3.05) is 5.32 Å². The van der Waals surface area contributed by atoms with E-state index < -0.39 is 0 Å². The Labute approximate surface area is 77.8 Å². The fourth-order valence-electron chi connectivity index (χ4n) is 1.53. The summed E-state index contributed by atoms with van der Waals surface area (Å²) in [6.07, 6.45) is 3.38. The molecule has 0 saturated heterocycles. The Morgan fingerprint density at radius 1 is 1.54 bits per heavy atom. The molecule has 0 radical (unpaired) electrons. The monoisotopic (exact) mass is 178 g/mol. The summed E-state index contributed by atoms with van der Waals surface area (Å²) in [5.74, 6) is 0.914. The van der Waals surface area contributed by atoms with Gasteiger partial charge in [0.1, 0.15) is 5.82 Å². The van der Waals surface area contributed by atoms with Crippen molar-refractivity contribution in [3.63, 3.8) is 0 Å². The Bertz CT molecular complexity index is 295. The van der Waals surface area contributed by atoms with Crippen LogP contribution in [0, 0.1) is 6.92 Å². The van der Waals surface area contributed by atoms with E-state index >= 15 is 0 Å². The number of aromatic nitrogens is 1. The minimum Gasteiger partial charge on any atom is -0.393 e. The number of anilines is 1. The lowest BCUT2D eigenvalue weighted by molar-refractivity contribution is 0.0835. The molecule has 2 N–H and O–H groups in total. The molecule has 0 bridgehead atoms. The van der Waals surface area contributed by atoms with Gasteiger partial charge in [0.2, 0.25) is 0 Å². The zero-order valence-electron chi connectivity index (χ0n) is 7.70. The number of hydrogen-bond donors (Lipinski definition) is 2.